The highest BCUT2D eigenvalue weighted by atomic mass is 32.2. The van der Waals surface area contributed by atoms with Gasteiger partial charge in [0.2, 0.25) is 11.8 Å². The van der Waals surface area contributed by atoms with Gasteiger partial charge in [-0.3, -0.25) is 9.59 Å². The maximum absolute atomic E-state index is 13.2. The number of halogens is 1. The Morgan fingerprint density at radius 1 is 0.974 bits per heavy atom. The van der Waals surface area contributed by atoms with Crippen molar-refractivity contribution in [2.24, 2.45) is 5.92 Å². The first kappa shape index (κ1) is 25.8. The van der Waals surface area contributed by atoms with Crippen LogP contribution in [0.2, 0.25) is 0 Å². The minimum Gasteiger partial charge on any atom is -0.353 e. The molecule has 3 heterocycles. The second-order valence-corrected chi connectivity index (χ2v) is 11.9. The number of rotatable bonds is 7. The number of benzene rings is 2. The fraction of sp³-hybridized carbons (Fsp3) is 0.333. The second-order valence-electron chi connectivity index (χ2n) is 9.63. The topological polar surface area (TPSA) is 113 Å². The molecule has 1 aromatic heterocycles. The van der Waals surface area contributed by atoms with E-state index in [1.165, 1.54) is 24.3 Å². The molecule has 0 saturated carbocycles. The Labute approximate surface area is 220 Å². The molecule has 0 radical (unpaired) electrons. The summed E-state index contributed by atoms with van der Waals surface area (Å²) in [6.07, 6.45) is 2.45. The lowest BCUT2D eigenvalue weighted by molar-refractivity contribution is -0.131. The number of likely N-dealkylation sites (tertiary alicyclic amines) is 1. The molecule has 2 aliphatic heterocycles. The summed E-state index contributed by atoms with van der Waals surface area (Å²) in [7, 11) is -3.58. The third-order valence-corrected chi connectivity index (χ3v) is 9.37. The molecule has 11 heteroatoms. The van der Waals surface area contributed by atoms with E-state index < -0.39 is 15.1 Å². The summed E-state index contributed by atoms with van der Waals surface area (Å²) in [6, 6.07) is 15.7. The molecule has 2 aliphatic rings. The molecule has 9 nitrogen and oxygen atoms in total. The maximum Gasteiger partial charge on any atom is 0.231 e. The van der Waals surface area contributed by atoms with Crippen molar-refractivity contribution in [2.75, 3.05) is 36.4 Å². The molecule has 0 unspecified atom stereocenters. The summed E-state index contributed by atoms with van der Waals surface area (Å²) >= 11 is 0. The number of aromatic nitrogens is 2. The number of hydrogen-bond donors (Lipinski definition) is 1. The predicted molar refractivity (Wildman–Crippen MR) is 140 cm³/mol. The van der Waals surface area contributed by atoms with E-state index in [-0.39, 0.29) is 34.9 Å². The molecule has 38 heavy (non-hydrogen) atoms. The fourth-order valence-corrected chi connectivity index (χ4v) is 6.49. The first-order chi connectivity index (χ1) is 18.3. The average Bonchev–Trinajstić information content (AvgIpc) is 2.90. The molecule has 198 valence electrons. The largest absolute Gasteiger partial charge is 0.353 e. The number of hydrogen-bond acceptors (Lipinski definition) is 7. The van der Waals surface area contributed by atoms with E-state index in [1.54, 1.807) is 41.4 Å². The van der Waals surface area contributed by atoms with Gasteiger partial charge in [-0.15, -0.1) is 5.10 Å². The number of carbonyl (C=O) groups is 2. The molecule has 5 rings (SSSR count). The number of nitrogens with one attached hydrogen (secondary N) is 1. The highest BCUT2D eigenvalue weighted by Gasteiger charge is 2.34. The van der Waals surface area contributed by atoms with Crippen LogP contribution in [0.15, 0.2) is 71.8 Å². The van der Waals surface area contributed by atoms with Crippen LogP contribution in [0.3, 0.4) is 0 Å². The highest BCUT2D eigenvalue weighted by Crippen LogP contribution is 2.27. The number of piperidine rings is 1. The van der Waals surface area contributed by atoms with Crippen LogP contribution in [0.25, 0.3) is 0 Å². The first-order valence-corrected chi connectivity index (χ1v) is 14.0. The molecule has 0 atom stereocenters. The quantitative estimate of drug-likeness (QED) is 0.493. The molecular formula is C27H28FN5O4S. The van der Waals surface area contributed by atoms with Gasteiger partial charge in [0.05, 0.1) is 22.5 Å². The zero-order chi connectivity index (χ0) is 26.7. The van der Waals surface area contributed by atoms with Crippen molar-refractivity contribution in [1.82, 2.24) is 15.1 Å². The number of carbonyl (C=O) groups excluding carboxylic acids is 2. The zero-order valence-corrected chi connectivity index (χ0v) is 21.5. The Morgan fingerprint density at radius 3 is 2.29 bits per heavy atom. The van der Waals surface area contributed by atoms with Gasteiger partial charge in [0, 0.05) is 38.1 Å². The lowest BCUT2D eigenvalue weighted by Crippen LogP contribution is -2.52. The van der Waals surface area contributed by atoms with Crippen LogP contribution in [0.5, 0.6) is 0 Å². The smallest absolute Gasteiger partial charge is 0.231 e. The van der Waals surface area contributed by atoms with Crippen molar-refractivity contribution in [2.45, 2.75) is 29.4 Å². The number of anilines is 2. The standard InChI is InChI=1S/C27H28FN5O4S/c28-21-5-3-19(4-6-21)16-26(34)32-14-11-24(12-15-32)38(36,37)23-9-7-22(8-10-23)30-27(35)20-17-33(18-20)25-2-1-13-29-31-25/h1-10,13,20,24H,11-12,14-18H2,(H,30,35). The van der Waals surface area contributed by atoms with E-state index in [4.69, 9.17) is 0 Å². The van der Waals surface area contributed by atoms with Crippen LogP contribution in [0.1, 0.15) is 18.4 Å². The van der Waals surface area contributed by atoms with E-state index in [1.807, 2.05) is 11.0 Å². The molecule has 2 amide bonds. The Bertz CT molecular complexity index is 1390. The Kier molecular flexibility index (Phi) is 7.37. The molecule has 2 saturated heterocycles. The Morgan fingerprint density at radius 2 is 1.66 bits per heavy atom. The van der Waals surface area contributed by atoms with Gasteiger partial charge in [-0.05, 0) is 66.9 Å². The van der Waals surface area contributed by atoms with Crippen molar-refractivity contribution < 1.29 is 22.4 Å². The van der Waals surface area contributed by atoms with Crippen LogP contribution in [-0.2, 0) is 25.8 Å². The molecule has 2 aromatic carbocycles. The van der Waals surface area contributed by atoms with Crippen LogP contribution in [0, 0.1) is 11.7 Å². The SMILES string of the molecule is O=C(Nc1ccc(S(=O)(=O)C2CCN(C(=O)Cc3ccc(F)cc3)CC2)cc1)C1CN(c2cccnn2)C1. The van der Waals surface area contributed by atoms with Crippen molar-refractivity contribution in [1.29, 1.82) is 0 Å². The van der Waals surface area contributed by atoms with Gasteiger partial charge in [-0.2, -0.15) is 5.10 Å². The number of amides is 2. The van der Waals surface area contributed by atoms with Crippen molar-refractivity contribution in [3.63, 3.8) is 0 Å². The molecule has 1 N–H and O–H groups in total. The van der Waals surface area contributed by atoms with Crippen molar-refractivity contribution >= 4 is 33.2 Å². The molecule has 0 spiro atoms. The van der Waals surface area contributed by atoms with E-state index in [9.17, 15) is 22.4 Å². The van der Waals surface area contributed by atoms with Crippen LogP contribution in [0.4, 0.5) is 15.9 Å². The van der Waals surface area contributed by atoms with E-state index in [0.717, 1.165) is 11.4 Å². The third kappa shape index (κ3) is 5.67. The number of nitrogens with zero attached hydrogens (tertiary/aromatic N) is 4. The van der Waals surface area contributed by atoms with E-state index in [2.05, 4.69) is 15.5 Å². The molecule has 0 bridgehead atoms. The summed E-state index contributed by atoms with van der Waals surface area (Å²) in [5, 5.41) is 10.2. The van der Waals surface area contributed by atoms with E-state index >= 15 is 0 Å². The van der Waals surface area contributed by atoms with Crippen LogP contribution in [-0.4, -0.2) is 66.8 Å². The molecular weight excluding hydrogens is 509 g/mol. The Balaban J connectivity index is 1.11. The summed E-state index contributed by atoms with van der Waals surface area (Å²) < 4.78 is 39.5. The predicted octanol–water partition coefficient (Wildman–Crippen LogP) is 2.70. The van der Waals surface area contributed by atoms with Gasteiger partial charge in [-0.25, -0.2) is 12.8 Å². The monoisotopic (exact) mass is 537 g/mol. The van der Waals surface area contributed by atoms with Gasteiger partial charge in [0.25, 0.3) is 0 Å². The van der Waals surface area contributed by atoms with E-state index in [0.29, 0.717) is 44.7 Å². The van der Waals surface area contributed by atoms with Gasteiger partial charge < -0.3 is 15.1 Å². The summed E-state index contributed by atoms with van der Waals surface area (Å²) in [5.74, 6) is -0.0327. The lowest BCUT2D eigenvalue weighted by Gasteiger charge is -2.38. The summed E-state index contributed by atoms with van der Waals surface area (Å²) in [4.78, 5) is 29.0. The summed E-state index contributed by atoms with van der Waals surface area (Å²) in [6.45, 7) is 1.79. The Hall–Kier alpha value is -3.86. The minimum atomic E-state index is -3.58. The van der Waals surface area contributed by atoms with Gasteiger partial charge in [-0.1, -0.05) is 12.1 Å². The van der Waals surface area contributed by atoms with Crippen molar-refractivity contribution in [3.8, 4) is 0 Å². The van der Waals surface area contributed by atoms with Crippen molar-refractivity contribution in [3.05, 3.63) is 78.2 Å². The minimum absolute atomic E-state index is 0.0983. The van der Waals surface area contributed by atoms with Gasteiger partial charge in [0.1, 0.15) is 5.82 Å². The molecule has 2 fully saturated rings. The van der Waals surface area contributed by atoms with Crippen LogP contribution < -0.4 is 10.2 Å². The maximum atomic E-state index is 13.2. The lowest BCUT2D eigenvalue weighted by atomic mass is 9.99. The third-order valence-electron chi connectivity index (χ3n) is 7.09. The van der Waals surface area contributed by atoms with Gasteiger partial charge >= 0.3 is 0 Å². The normalized spacial score (nSPS) is 16.7. The molecule has 3 aromatic rings. The van der Waals surface area contributed by atoms with Gasteiger partial charge in [0.15, 0.2) is 15.7 Å². The summed E-state index contributed by atoms with van der Waals surface area (Å²) in [5.41, 5.74) is 1.26. The highest BCUT2D eigenvalue weighted by molar-refractivity contribution is 7.92. The second kappa shape index (κ2) is 10.9. The van der Waals surface area contributed by atoms with Crippen LogP contribution >= 0.6 is 0 Å². The molecule has 0 aliphatic carbocycles. The fourth-order valence-electron chi connectivity index (χ4n) is 4.76. The number of sulfone groups is 1. The average molecular weight is 538 g/mol. The zero-order valence-electron chi connectivity index (χ0n) is 20.7. The first-order valence-electron chi connectivity index (χ1n) is 12.5.